The first-order valence-corrected chi connectivity index (χ1v) is 8.11. The first kappa shape index (κ1) is 14.9. The van der Waals surface area contributed by atoms with E-state index >= 15 is 0 Å². The molecule has 0 radical (unpaired) electrons. The molecule has 0 aliphatic carbocycles. The minimum absolute atomic E-state index is 0.303. The molecule has 3 rings (SSSR count). The average molecular weight is 316 g/mol. The molecule has 0 unspecified atom stereocenters. The largest absolute Gasteiger partial charge is 0.368 e. The summed E-state index contributed by atoms with van der Waals surface area (Å²) < 4.78 is 1.77. The van der Waals surface area contributed by atoms with Crippen molar-refractivity contribution in [2.45, 2.75) is 19.9 Å². The quantitative estimate of drug-likeness (QED) is 0.784. The molecule has 22 heavy (non-hydrogen) atoms. The van der Waals surface area contributed by atoms with Crippen molar-refractivity contribution in [3.63, 3.8) is 0 Å². The van der Waals surface area contributed by atoms with Crippen LogP contribution in [-0.4, -0.2) is 45.1 Å². The Morgan fingerprint density at radius 2 is 2.18 bits per heavy atom. The maximum atomic E-state index is 4.45. The zero-order chi connectivity index (χ0) is 15.7. The van der Waals surface area contributed by atoms with Crippen LogP contribution in [0, 0.1) is 13.8 Å². The maximum Gasteiger partial charge on any atom is 0.254 e. The molecule has 1 N–H and O–H groups in total. The highest BCUT2D eigenvalue weighted by molar-refractivity contribution is 7.07. The molecule has 3 aromatic heterocycles. The van der Waals surface area contributed by atoms with Crippen molar-refractivity contribution in [1.29, 1.82) is 0 Å². The van der Waals surface area contributed by atoms with Crippen molar-refractivity contribution in [2.75, 3.05) is 26.0 Å². The van der Waals surface area contributed by atoms with Gasteiger partial charge in [-0.1, -0.05) is 0 Å². The van der Waals surface area contributed by atoms with E-state index in [1.807, 2.05) is 6.92 Å². The van der Waals surface area contributed by atoms with Gasteiger partial charge in [-0.05, 0) is 50.3 Å². The van der Waals surface area contributed by atoms with Crippen LogP contribution in [0.3, 0.4) is 0 Å². The lowest BCUT2D eigenvalue weighted by Crippen LogP contribution is -2.27. The van der Waals surface area contributed by atoms with E-state index in [0.29, 0.717) is 11.8 Å². The Balaban J connectivity index is 1.90. The topological polar surface area (TPSA) is 58.4 Å². The van der Waals surface area contributed by atoms with Crippen LogP contribution >= 0.6 is 11.3 Å². The average Bonchev–Trinajstić information content (AvgIpc) is 3.13. The van der Waals surface area contributed by atoms with Gasteiger partial charge >= 0.3 is 0 Å². The van der Waals surface area contributed by atoms with E-state index in [0.717, 1.165) is 23.6 Å². The molecule has 1 atom stereocenters. The van der Waals surface area contributed by atoms with Gasteiger partial charge in [0, 0.05) is 17.8 Å². The van der Waals surface area contributed by atoms with Crippen LogP contribution in [0.5, 0.6) is 0 Å². The second kappa shape index (κ2) is 6.02. The number of aryl methyl sites for hydroxylation is 1. The van der Waals surface area contributed by atoms with Gasteiger partial charge in [0.1, 0.15) is 12.1 Å². The Bertz CT molecular complexity index is 762. The van der Waals surface area contributed by atoms with Gasteiger partial charge in [0.05, 0.1) is 6.04 Å². The van der Waals surface area contributed by atoms with Crippen molar-refractivity contribution < 1.29 is 0 Å². The van der Waals surface area contributed by atoms with Crippen LogP contribution in [0.2, 0.25) is 0 Å². The Labute approximate surface area is 133 Å². The molecule has 116 valence electrons. The highest BCUT2D eigenvalue weighted by Crippen LogP contribution is 2.23. The molecule has 3 aromatic rings. The van der Waals surface area contributed by atoms with Crippen LogP contribution in [-0.2, 0) is 0 Å². The zero-order valence-electron chi connectivity index (χ0n) is 13.2. The van der Waals surface area contributed by atoms with Crippen LogP contribution in [0.25, 0.3) is 5.78 Å². The lowest BCUT2D eigenvalue weighted by Gasteiger charge is -2.25. The summed E-state index contributed by atoms with van der Waals surface area (Å²) in [6.45, 7) is 4.85. The van der Waals surface area contributed by atoms with Crippen molar-refractivity contribution >= 4 is 22.9 Å². The molecular weight excluding hydrogens is 296 g/mol. The Hall–Kier alpha value is -1.99. The van der Waals surface area contributed by atoms with Crippen molar-refractivity contribution in [3.05, 3.63) is 40.0 Å². The summed E-state index contributed by atoms with van der Waals surface area (Å²) >= 11 is 1.72. The summed E-state index contributed by atoms with van der Waals surface area (Å²) in [4.78, 5) is 10.9. The normalized spacial score (nSPS) is 13.0. The molecule has 0 aliphatic heterocycles. The van der Waals surface area contributed by atoms with Gasteiger partial charge in [0.15, 0.2) is 0 Å². The van der Waals surface area contributed by atoms with Gasteiger partial charge in [0.25, 0.3) is 5.78 Å². The number of rotatable bonds is 5. The fraction of sp³-hybridized carbons (Fsp3) is 0.400. The minimum Gasteiger partial charge on any atom is -0.368 e. The van der Waals surface area contributed by atoms with Crippen LogP contribution in [0.1, 0.15) is 22.9 Å². The standard InChI is InChI=1S/C15H20N6S/c1-10-11(2)19-15-17-9-18-21(15)14(10)16-7-13(20(3)4)12-5-6-22-8-12/h5-6,8-9,13,16H,7H2,1-4H3/t13-/m1/s1. The van der Waals surface area contributed by atoms with Crippen LogP contribution in [0.4, 0.5) is 5.82 Å². The third kappa shape index (κ3) is 2.69. The number of hydrogen-bond acceptors (Lipinski definition) is 6. The first-order valence-electron chi connectivity index (χ1n) is 7.17. The second-order valence-electron chi connectivity index (χ2n) is 5.56. The summed E-state index contributed by atoms with van der Waals surface area (Å²) in [7, 11) is 4.19. The van der Waals surface area contributed by atoms with E-state index in [1.165, 1.54) is 11.9 Å². The summed E-state index contributed by atoms with van der Waals surface area (Å²) in [6, 6.07) is 2.48. The molecule has 3 heterocycles. The Morgan fingerprint density at radius 1 is 1.36 bits per heavy atom. The summed E-state index contributed by atoms with van der Waals surface area (Å²) in [6.07, 6.45) is 1.54. The van der Waals surface area contributed by atoms with Gasteiger partial charge in [0.2, 0.25) is 0 Å². The van der Waals surface area contributed by atoms with Gasteiger partial charge in [-0.25, -0.2) is 4.98 Å². The molecule has 0 amide bonds. The second-order valence-corrected chi connectivity index (χ2v) is 6.34. The number of likely N-dealkylation sites (N-methyl/N-ethyl adjacent to an activating group) is 1. The van der Waals surface area contributed by atoms with Crippen LogP contribution in [0.15, 0.2) is 23.2 Å². The lowest BCUT2D eigenvalue weighted by molar-refractivity contribution is 0.312. The molecule has 0 spiro atoms. The maximum absolute atomic E-state index is 4.45. The number of nitrogens with one attached hydrogen (secondary N) is 1. The van der Waals surface area contributed by atoms with E-state index in [-0.39, 0.29) is 0 Å². The van der Waals surface area contributed by atoms with Gasteiger partial charge in [-0.15, -0.1) is 0 Å². The van der Waals surface area contributed by atoms with E-state index in [4.69, 9.17) is 0 Å². The SMILES string of the molecule is Cc1nc2ncnn2c(NC[C@H](c2ccsc2)N(C)C)c1C. The molecule has 7 heteroatoms. The number of anilines is 1. The molecule has 0 fully saturated rings. The smallest absolute Gasteiger partial charge is 0.254 e. The van der Waals surface area contributed by atoms with Crippen LogP contribution < -0.4 is 5.32 Å². The predicted octanol–water partition coefficient (Wildman–Crippen LogP) is 2.52. The van der Waals surface area contributed by atoms with Crippen molar-refractivity contribution in [1.82, 2.24) is 24.5 Å². The molecule has 0 aliphatic rings. The molecule has 0 aromatic carbocycles. The fourth-order valence-corrected chi connectivity index (χ4v) is 3.20. The summed E-state index contributed by atoms with van der Waals surface area (Å²) in [5.74, 6) is 1.59. The third-order valence-corrected chi connectivity index (χ3v) is 4.62. The van der Waals surface area contributed by atoms with Gasteiger partial charge in [-0.3, -0.25) is 0 Å². The molecule has 0 saturated heterocycles. The third-order valence-electron chi connectivity index (χ3n) is 3.92. The Kier molecular flexibility index (Phi) is 4.08. The van der Waals surface area contributed by atoms with Gasteiger partial charge in [-0.2, -0.15) is 25.9 Å². The minimum atomic E-state index is 0.303. The number of fused-ring (bicyclic) bond motifs is 1. The summed E-state index contributed by atoms with van der Waals surface area (Å²) in [5.41, 5.74) is 3.39. The monoisotopic (exact) mass is 316 g/mol. The van der Waals surface area contributed by atoms with Crippen molar-refractivity contribution in [3.8, 4) is 0 Å². The highest BCUT2D eigenvalue weighted by atomic mass is 32.1. The number of aromatic nitrogens is 4. The molecule has 0 bridgehead atoms. The van der Waals surface area contributed by atoms with Gasteiger partial charge < -0.3 is 10.2 Å². The molecule has 0 saturated carbocycles. The number of thiophene rings is 1. The number of hydrogen-bond donors (Lipinski definition) is 1. The zero-order valence-corrected chi connectivity index (χ0v) is 14.1. The highest BCUT2D eigenvalue weighted by Gasteiger charge is 2.17. The predicted molar refractivity (Wildman–Crippen MR) is 89.5 cm³/mol. The van der Waals surface area contributed by atoms with E-state index in [1.54, 1.807) is 15.9 Å². The Morgan fingerprint density at radius 3 is 2.86 bits per heavy atom. The molecule has 6 nitrogen and oxygen atoms in total. The molecular formula is C15H20N6S. The van der Waals surface area contributed by atoms with E-state index in [9.17, 15) is 0 Å². The fourth-order valence-electron chi connectivity index (χ4n) is 2.50. The van der Waals surface area contributed by atoms with E-state index < -0.39 is 0 Å². The van der Waals surface area contributed by atoms with Crippen molar-refractivity contribution in [2.24, 2.45) is 0 Å². The first-order chi connectivity index (χ1) is 10.6. The van der Waals surface area contributed by atoms with E-state index in [2.05, 4.69) is 63.1 Å². The summed E-state index contributed by atoms with van der Waals surface area (Å²) in [5, 5.41) is 12.1. The number of nitrogens with zero attached hydrogens (tertiary/aromatic N) is 5. The lowest BCUT2D eigenvalue weighted by atomic mass is 10.1.